The number of alkyl carbamates (subject to hydrolysis) is 1. The Morgan fingerprint density at radius 2 is 1.57 bits per heavy atom. The fourth-order valence-corrected chi connectivity index (χ4v) is 8.16. The fourth-order valence-electron chi connectivity index (χ4n) is 6.54. The van der Waals surface area contributed by atoms with Gasteiger partial charge in [0.25, 0.3) is 11.8 Å². The van der Waals surface area contributed by atoms with Crippen LogP contribution in [0, 0.1) is 11.2 Å². The summed E-state index contributed by atoms with van der Waals surface area (Å²) in [5.41, 5.74) is -3.13. The third-order valence-electron chi connectivity index (χ3n) is 8.44. The first-order valence-electron chi connectivity index (χ1n) is 16.2. The monoisotopic (exact) mass is 701 g/mol. The van der Waals surface area contributed by atoms with E-state index in [9.17, 15) is 27.6 Å². The van der Waals surface area contributed by atoms with Crippen LogP contribution in [-0.4, -0.2) is 66.9 Å². The van der Waals surface area contributed by atoms with E-state index in [0.29, 0.717) is 30.6 Å². The Kier molecular flexibility index (Phi) is 9.05. The standard InChI is InChI=1S/C35H44FN3O9S/c1-20(2)46-22-11-9-21(10-12-22)15-39-26-13-23(28(40)38-35-17-34(18-35,19-35)30(42)47-32(3,4)5)24(36)14-27(26)49(44,45)16-25(29(39)41)37-31(43)48-33(6,7)8/h9-14,20,25H,15-19H2,1-8H3,(H,37,43)(H,38,40)/t25-,34?,35?/m0/s1. The number of anilines is 1. The summed E-state index contributed by atoms with van der Waals surface area (Å²) in [4.78, 5) is 53.7. The van der Waals surface area contributed by atoms with E-state index in [1.54, 1.807) is 65.8 Å². The zero-order chi connectivity index (χ0) is 36.3. The van der Waals surface area contributed by atoms with Crippen molar-refractivity contribution in [1.29, 1.82) is 0 Å². The average Bonchev–Trinajstić information content (AvgIpc) is 2.96. The maximum atomic E-state index is 15.7. The van der Waals surface area contributed by atoms with Gasteiger partial charge in [-0.15, -0.1) is 0 Å². The van der Waals surface area contributed by atoms with Crippen molar-refractivity contribution in [3.05, 3.63) is 53.3 Å². The molecule has 0 saturated heterocycles. The zero-order valence-electron chi connectivity index (χ0n) is 29.1. The molecule has 3 aliphatic carbocycles. The number of amides is 3. The lowest BCUT2D eigenvalue weighted by Crippen LogP contribution is -2.77. The molecule has 0 spiro atoms. The molecular weight excluding hydrogens is 657 g/mol. The van der Waals surface area contributed by atoms with Crippen molar-refractivity contribution in [2.24, 2.45) is 5.41 Å². The summed E-state index contributed by atoms with van der Waals surface area (Å²) in [7, 11) is -4.39. The van der Waals surface area contributed by atoms with Crippen LogP contribution < -0.4 is 20.3 Å². The lowest BCUT2D eigenvalue weighted by Gasteiger charge is -2.68. The number of fused-ring (bicyclic) bond motifs is 1. The van der Waals surface area contributed by atoms with Gasteiger partial charge in [-0.2, -0.15) is 0 Å². The lowest BCUT2D eigenvalue weighted by molar-refractivity contribution is -0.212. The van der Waals surface area contributed by atoms with Crippen molar-refractivity contribution in [3.8, 4) is 5.75 Å². The Morgan fingerprint density at radius 3 is 2.12 bits per heavy atom. The number of hydrogen-bond acceptors (Lipinski definition) is 9. The number of benzene rings is 2. The van der Waals surface area contributed by atoms with Gasteiger partial charge in [-0.1, -0.05) is 12.1 Å². The lowest BCUT2D eigenvalue weighted by atomic mass is 9.39. The van der Waals surface area contributed by atoms with Crippen LogP contribution in [0.2, 0.25) is 0 Å². The number of halogens is 1. The van der Waals surface area contributed by atoms with Crippen LogP contribution in [0.4, 0.5) is 14.9 Å². The molecule has 49 heavy (non-hydrogen) atoms. The Balaban J connectivity index is 1.46. The van der Waals surface area contributed by atoms with Crippen LogP contribution in [0.1, 0.15) is 90.6 Å². The molecule has 2 bridgehead atoms. The van der Waals surface area contributed by atoms with Crippen LogP contribution in [0.25, 0.3) is 0 Å². The van der Waals surface area contributed by atoms with Crippen molar-refractivity contribution in [3.63, 3.8) is 0 Å². The quantitative estimate of drug-likeness (QED) is 0.368. The number of nitrogens with one attached hydrogen (secondary N) is 2. The summed E-state index contributed by atoms with van der Waals surface area (Å²) < 4.78 is 59.6. The number of carbonyl (C=O) groups is 4. The molecule has 4 aliphatic rings. The third kappa shape index (κ3) is 7.68. The van der Waals surface area contributed by atoms with Gasteiger partial charge >= 0.3 is 12.1 Å². The topological polar surface area (TPSA) is 157 Å². The molecule has 14 heteroatoms. The molecule has 3 amide bonds. The number of sulfone groups is 1. The highest BCUT2D eigenvalue weighted by Gasteiger charge is 2.73. The van der Waals surface area contributed by atoms with Crippen LogP contribution >= 0.6 is 0 Å². The second-order valence-corrected chi connectivity index (χ2v) is 17.6. The Labute approximate surface area is 286 Å². The summed E-state index contributed by atoms with van der Waals surface area (Å²) in [6.07, 6.45) is -0.0825. The van der Waals surface area contributed by atoms with Crippen molar-refractivity contribution in [1.82, 2.24) is 10.6 Å². The van der Waals surface area contributed by atoms with E-state index in [1.165, 1.54) is 0 Å². The number of nitrogens with zero attached hydrogens (tertiary/aromatic N) is 1. The zero-order valence-corrected chi connectivity index (χ0v) is 29.9. The van der Waals surface area contributed by atoms with E-state index in [2.05, 4.69) is 10.6 Å². The van der Waals surface area contributed by atoms with E-state index in [-0.39, 0.29) is 24.3 Å². The van der Waals surface area contributed by atoms with Crippen molar-refractivity contribution in [2.75, 3.05) is 10.7 Å². The van der Waals surface area contributed by atoms with Gasteiger partial charge in [0.05, 0.1) is 40.0 Å². The molecule has 3 fully saturated rings. The molecule has 3 saturated carbocycles. The molecule has 2 aromatic carbocycles. The number of carbonyl (C=O) groups excluding carboxylic acids is 4. The van der Waals surface area contributed by atoms with Crippen molar-refractivity contribution < 1.29 is 46.2 Å². The minimum absolute atomic E-state index is 0.0811. The van der Waals surface area contributed by atoms with Gasteiger partial charge in [-0.3, -0.25) is 14.4 Å². The van der Waals surface area contributed by atoms with Gasteiger partial charge in [-0.05, 0) is 104 Å². The largest absolute Gasteiger partial charge is 0.491 e. The van der Waals surface area contributed by atoms with Gasteiger partial charge < -0.3 is 29.7 Å². The summed E-state index contributed by atoms with van der Waals surface area (Å²) in [5.74, 6) is -3.34. The average molecular weight is 702 g/mol. The molecule has 0 unspecified atom stereocenters. The highest BCUT2D eigenvalue weighted by molar-refractivity contribution is 7.91. The van der Waals surface area contributed by atoms with Gasteiger partial charge in [-0.25, -0.2) is 17.6 Å². The second-order valence-electron chi connectivity index (χ2n) is 15.6. The minimum atomic E-state index is -4.39. The molecule has 266 valence electrons. The predicted molar refractivity (Wildman–Crippen MR) is 177 cm³/mol. The molecule has 1 aliphatic heterocycles. The van der Waals surface area contributed by atoms with Crippen molar-refractivity contribution >= 4 is 39.4 Å². The highest BCUT2D eigenvalue weighted by atomic mass is 32.2. The van der Waals surface area contributed by atoms with Crippen LogP contribution in [-0.2, 0) is 35.4 Å². The molecular formula is C35H44FN3O9S. The highest BCUT2D eigenvalue weighted by Crippen LogP contribution is 2.68. The first-order chi connectivity index (χ1) is 22.5. The Hall–Kier alpha value is -4.20. The van der Waals surface area contributed by atoms with E-state index < -0.39 is 78.0 Å². The number of ether oxygens (including phenoxy) is 3. The van der Waals surface area contributed by atoms with E-state index in [0.717, 1.165) is 17.0 Å². The molecule has 0 radical (unpaired) electrons. The summed E-state index contributed by atoms with van der Waals surface area (Å²) in [6, 6.07) is 6.99. The maximum absolute atomic E-state index is 15.7. The van der Waals surface area contributed by atoms with Gasteiger partial charge in [0.1, 0.15) is 28.8 Å². The normalized spacial score (nSPS) is 24.1. The smallest absolute Gasteiger partial charge is 0.408 e. The number of esters is 1. The van der Waals surface area contributed by atoms with Crippen LogP contribution in [0.15, 0.2) is 41.3 Å². The minimum Gasteiger partial charge on any atom is -0.491 e. The predicted octanol–water partition coefficient (Wildman–Crippen LogP) is 4.82. The molecule has 12 nitrogen and oxygen atoms in total. The van der Waals surface area contributed by atoms with E-state index in [1.807, 2.05) is 13.8 Å². The molecule has 2 N–H and O–H groups in total. The van der Waals surface area contributed by atoms with Crippen LogP contribution in [0.3, 0.4) is 0 Å². The summed E-state index contributed by atoms with van der Waals surface area (Å²) in [6.45, 7) is 13.7. The number of rotatable bonds is 8. The fraction of sp³-hybridized carbons (Fsp3) is 0.543. The van der Waals surface area contributed by atoms with Gasteiger partial charge in [0.2, 0.25) is 0 Å². The van der Waals surface area contributed by atoms with Gasteiger partial charge in [0, 0.05) is 5.54 Å². The molecule has 1 atom stereocenters. The molecule has 0 aromatic heterocycles. The third-order valence-corrected chi connectivity index (χ3v) is 10.2. The van der Waals surface area contributed by atoms with E-state index in [4.69, 9.17) is 14.2 Å². The molecule has 6 rings (SSSR count). The summed E-state index contributed by atoms with van der Waals surface area (Å²) >= 11 is 0. The summed E-state index contributed by atoms with van der Waals surface area (Å²) in [5, 5.41) is 5.20. The molecule has 2 aromatic rings. The number of hydrogen-bond donors (Lipinski definition) is 2. The Bertz CT molecular complexity index is 1770. The van der Waals surface area contributed by atoms with E-state index >= 15 is 4.39 Å². The van der Waals surface area contributed by atoms with Gasteiger partial charge in [0.15, 0.2) is 9.84 Å². The first kappa shape index (κ1) is 36.1. The Morgan fingerprint density at radius 1 is 0.980 bits per heavy atom. The SMILES string of the molecule is CC(C)Oc1ccc(CN2C(=O)[C@@H](NC(=O)OC(C)(C)C)CS(=O)(=O)c3cc(F)c(C(=O)NC45CC(C(=O)OC(C)(C)C)(C4)C5)cc32)cc1. The van der Waals surface area contributed by atoms with Crippen molar-refractivity contribution in [2.45, 2.75) is 115 Å². The second kappa shape index (κ2) is 12.3. The van der Waals surface area contributed by atoms with Crippen LogP contribution in [0.5, 0.6) is 5.75 Å². The first-order valence-corrected chi connectivity index (χ1v) is 17.8. The maximum Gasteiger partial charge on any atom is 0.408 e. The molecule has 1 heterocycles.